The van der Waals surface area contributed by atoms with Crippen LogP contribution in [-0.4, -0.2) is 61.2 Å². The zero-order chi connectivity index (χ0) is 26.6. The van der Waals surface area contributed by atoms with E-state index in [0.29, 0.717) is 35.6 Å². The van der Waals surface area contributed by atoms with Crippen molar-refractivity contribution in [3.63, 3.8) is 0 Å². The molecule has 2 amide bonds. The van der Waals surface area contributed by atoms with Crippen molar-refractivity contribution in [2.24, 2.45) is 0 Å². The van der Waals surface area contributed by atoms with Crippen LogP contribution in [0.2, 0.25) is 0 Å². The molecule has 196 valence electrons. The lowest BCUT2D eigenvalue weighted by atomic mass is 9.99. The van der Waals surface area contributed by atoms with Crippen LogP contribution in [0.1, 0.15) is 34.8 Å². The van der Waals surface area contributed by atoms with E-state index in [9.17, 15) is 18.8 Å². The van der Waals surface area contributed by atoms with Crippen LogP contribution >= 0.6 is 0 Å². The number of nitrogens with one attached hydrogen (secondary N) is 1. The number of amides is 2. The van der Waals surface area contributed by atoms with Crippen molar-refractivity contribution in [1.82, 2.24) is 29.3 Å². The van der Waals surface area contributed by atoms with Crippen LogP contribution in [0.3, 0.4) is 0 Å². The first-order valence-electron chi connectivity index (χ1n) is 12.6. The number of imidazole rings is 1. The minimum absolute atomic E-state index is 0.0413. The molecule has 0 bridgehead atoms. The molecular weight excluding hydrogens is 491 g/mol. The lowest BCUT2D eigenvalue weighted by Gasteiger charge is -2.42. The van der Waals surface area contributed by atoms with Crippen molar-refractivity contribution in [3.8, 4) is 6.01 Å². The molecule has 2 aliphatic heterocycles. The van der Waals surface area contributed by atoms with E-state index >= 15 is 0 Å². The third-order valence-corrected chi connectivity index (χ3v) is 7.05. The average Bonchev–Trinajstić information content (AvgIpc) is 3.27. The predicted molar refractivity (Wildman–Crippen MR) is 138 cm³/mol. The maximum atomic E-state index is 14.1. The van der Waals surface area contributed by atoms with E-state index in [1.165, 1.54) is 28.7 Å². The molecule has 3 aromatic heterocycles. The SMILES string of the molecule is Cc1ccc(CNC(=O)c2cc3c4c(cnc3n(CC(=O)N3CC(C)(F)C3)c2=O)nc2n4CCCO2)cc1. The molecule has 5 heterocycles. The van der Waals surface area contributed by atoms with Crippen LogP contribution in [-0.2, 0) is 24.4 Å². The van der Waals surface area contributed by atoms with Gasteiger partial charge in [0, 0.05) is 18.5 Å². The third-order valence-electron chi connectivity index (χ3n) is 7.05. The van der Waals surface area contributed by atoms with Gasteiger partial charge in [0.05, 0.1) is 31.4 Å². The number of rotatable bonds is 5. The molecule has 4 aromatic rings. The number of nitrogens with zero attached hydrogens (tertiary/aromatic N) is 5. The molecule has 1 aromatic carbocycles. The molecule has 0 atom stereocenters. The number of halogens is 1. The molecular formula is C27H27FN6O4. The van der Waals surface area contributed by atoms with Gasteiger partial charge in [-0.2, -0.15) is 4.98 Å². The lowest BCUT2D eigenvalue weighted by Crippen LogP contribution is -2.60. The van der Waals surface area contributed by atoms with Crippen molar-refractivity contribution in [2.75, 3.05) is 19.7 Å². The summed E-state index contributed by atoms with van der Waals surface area (Å²) in [7, 11) is 0. The molecule has 0 saturated carbocycles. The number of alkyl halides is 1. The number of aromatic nitrogens is 4. The molecule has 1 fully saturated rings. The van der Waals surface area contributed by atoms with Crippen molar-refractivity contribution in [1.29, 1.82) is 0 Å². The second-order valence-electron chi connectivity index (χ2n) is 10.3. The Bertz CT molecular complexity index is 1650. The predicted octanol–water partition coefficient (Wildman–Crippen LogP) is 2.34. The van der Waals surface area contributed by atoms with E-state index in [4.69, 9.17) is 4.74 Å². The number of benzene rings is 1. The number of carbonyl (C=O) groups is 2. The Kier molecular flexibility index (Phi) is 5.66. The molecule has 38 heavy (non-hydrogen) atoms. The van der Waals surface area contributed by atoms with E-state index in [1.54, 1.807) is 0 Å². The zero-order valence-corrected chi connectivity index (χ0v) is 21.2. The van der Waals surface area contributed by atoms with Gasteiger partial charge in [0.15, 0.2) is 0 Å². The Morgan fingerprint density at radius 3 is 2.71 bits per heavy atom. The molecule has 2 aliphatic rings. The maximum absolute atomic E-state index is 14.1. The number of hydrogen-bond acceptors (Lipinski definition) is 6. The van der Waals surface area contributed by atoms with Gasteiger partial charge in [-0.3, -0.25) is 23.5 Å². The van der Waals surface area contributed by atoms with Crippen molar-refractivity contribution in [3.05, 3.63) is 63.6 Å². The lowest BCUT2D eigenvalue weighted by molar-refractivity contribution is -0.144. The number of fused-ring (bicyclic) bond motifs is 5. The Labute approximate surface area is 217 Å². The van der Waals surface area contributed by atoms with Gasteiger partial charge < -0.3 is 15.0 Å². The fraction of sp³-hybridized carbons (Fsp3) is 0.370. The summed E-state index contributed by atoms with van der Waals surface area (Å²) in [6.07, 6.45) is 2.31. The number of ether oxygens (including phenoxy) is 1. The van der Waals surface area contributed by atoms with Crippen LogP contribution in [0.15, 0.2) is 41.3 Å². The minimum atomic E-state index is -1.44. The Balaban J connectivity index is 1.44. The van der Waals surface area contributed by atoms with Gasteiger partial charge in [-0.05, 0) is 31.9 Å². The number of aryl methyl sites for hydroxylation is 2. The van der Waals surface area contributed by atoms with E-state index in [2.05, 4.69) is 15.3 Å². The smallest absolute Gasteiger partial charge is 0.297 e. The van der Waals surface area contributed by atoms with Gasteiger partial charge in [0.2, 0.25) is 5.91 Å². The van der Waals surface area contributed by atoms with E-state index < -0.39 is 23.0 Å². The van der Waals surface area contributed by atoms with E-state index in [-0.39, 0.29) is 37.4 Å². The van der Waals surface area contributed by atoms with Crippen LogP contribution in [0, 0.1) is 6.92 Å². The summed E-state index contributed by atoms with van der Waals surface area (Å²) in [5.41, 5.74) is 1.28. The fourth-order valence-corrected chi connectivity index (χ4v) is 5.07. The van der Waals surface area contributed by atoms with Crippen molar-refractivity contribution < 1.29 is 18.7 Å². The molecule has 1 N–H and O–H groups in total. The molecule has 1 saturated heterocycles. The monoisotopic (exact) mass is 518 g/mol. The molecule has 0 radical (unpaired) electrons. The minimum Gasteiger partial charge on any atom is -0.465 e. The van der Waals surface area contributed by atoms with Crippen LogP contribution in [0.4, 0.5) is 4.39 Å². The largest absolute Gasteiger partial charge is 0.465 e. The van der Waals surface area contributed by atoms with Crippen molar-refractivity contribution in [2.45, 2.75) is 45.6 Å². The van der Waals surface area contributed by atoms with E-state index in [0.717, 1.165) is 17.5 Å². The number of carbonyl (C=O) groups excluding carboxylic acids is 2. The third kappa shape index (κ3) is 4.17. The summed E-state index contributed by atoms with van der Waals surface area (Å²) in [5, 5.41) is 3.33. The Morgan fingerprint density at radius 1 is 1.21 bits per heavy atom. The second kappa shape index (κ2) is 8.93. The highest BCUT2D eigenvalue weighted by Gasteiger charge is 2.41. The van der Waals surface area contributed by atoms with Gasteiger partial charge in [0.1, 0.15) is 28.9 Å². The highest BCUT2D eigenvalue weighted by atomic mass is 19.1. The first-order valence-corrected chi connectivity index (χ1v) is 12.6. The summed E-state index contributed by atoms with van der Waals surface area (Å²) >= 11 is 0. The molecule has 0 spiro atoms. The van der Waals surface area contributed by atoms with Crippen LogP contribution in [0.5, 0.6) is 6.01 Å². The summed E-state index contributed by atoms with van der Waals surface area (Å²) in [4.78, 5) is 50.2. The Hall–Kier alpha value is -4.28. The summed E-state index contributed by atoms with van der Waals surface area (Å²) in [6.45, 7) is 4.40. The van der Waals surface area contributed by atoms with Gasteiger partial charge in [-0.25, -0.2) is 9.37 Å². The zero-order valence-electron chi connectivity index (χ0n) is 21.2. The molecule has 10 nitrogen and oxygen atoms in total. The summed E-state index contributed by atoms with van der Waals surface area (Å²) in [6, 6.07) is 9.67. The first kappa shape index (κ1) is 24.1. The molecule has 6 rings (SSSR count). The standard InChI is InChI=1S/C27H27FN6O4/c1-16-4-6-17(7-5-16)11-30-24(36)19-10-18-22-20(31-26-33(22)8-3-9-38-26)12-29-23(18)34(25(19)37)13-21(35)32-14-27(2,28)15-32/h4-7,10,12H,3,8-9,11,13-15H2,1-2H3,(H,30,36). The molecule has 11 heteroatoms. The van der Waals surface area contributed by atoms with Crippen LogP contribution in [0.25, 0.3) is 22.1 Å². The highest BCUT2D eigenvalue weighted by molar-refractivity contribution is 6.05. The van der Waals surface area contributed by atoms with E-state index in [1.807, 2.05) is 35.8 Å². The molecule has 0 aliphatic carbocycles. The first-order chi connectivity index (χ1) is 18.2. The normalized spacial score (nSPS) is 16.1. The van der Waals surface area contributed by atoms with Crippen LogP contribution < -0.4 is 15.6 Å². The topological polar surface area (TPSA) is 111 Å². The highest BCUT2D eigenvalue weighted by Crippen LogP contribution is 2.30. The Morgan fingerprint density at radius 2 is 1.97 bits per heavy atom. The maximum Gasteiger partial charge on any atom is 0.297 e. The summed E-state index contributed by atoms with van der Waals surface area (Å²) < 4.78 is 22.9. The number of likely N-dealkylation sites (tertiary alicyclic amines) is 1. The van der Waals surface area contributed by atoms with Crippen molar-refractivity contribution >= 4 is 33.9 Å². The van der Waals surface area contributed by atoms with Gasteiger partial charge in [-0.1, -0.05) is 29.8 Å². The quantitative estimate of drug-likeness (QED) is 0.434. The summed E-state index contributed by atoms with van der Waals surface area (Å²) in [5.74, 6) is -0.980. The number of pyridine rings is 2. The second-order valence-corrected chi connectivity index (χ2v) is 10.3. The van der Waals surface area contributed by atoms with Gasteiger partial charge >= 0.3 is 0 Å². The average molecular weight is 519 g/mol. The molecule has 0 unspecified atom stereocenters. The van der Waals surface area contributed by atoms with Gasteiger partial charge in [0.25, 0.3) is 17.5 Å². The number of hydrogen-bond donors (Lipinski definition) is 1. The fourth-order valence-electron chi connectivity index (χ4n) is 5.07. The van der Waals surface area contributed by atoms with Gasteiger partial charge in [-0.15, -0.1) is 0 Å².